The third kappa shape index (κ3) is 3.35. The normalized spacial score (nSPS) is 19.4. The molecule has 126 valence electrons. The first-order valence-electron chi connectivity index (χ1n) is 9.07. The Morgan fingerprint density at radius 2 is 1.76 bits per heavy atom. The molecular weight excluding hydrogens is 304 g/mol. The summed E-state index contributed by atoms with van der Waals surface area (Å²) in [6.45, 7) is 2.06. The molecular formula is C23H24N2. The number of nitrogens with two attached hydrogens (primary N) is 1. The van der Waals surface area contributed by atoms with Gasteiger partial charge >= 0.3 is 0 Å². The van der Waals surface area contributed by atoms with Crippen molar-refractivity contribution in [1.82, 2.24) is 4.98 Å². The van der Waals surface area contributed by atoms with E-state index < -0.39 is 0 Å². The summed E-state index contributed by atoms with van der Waals surface area (Å²) in [5, 5.41) is 0. The van der Waals surface area contributed by atoms with E-state index in [2.05, 4.69) is 73.7 Å². The first-order chi connectivity index (χ1) is 12.2. The third-order valence-electron chi connectivity index (χ3n) is 5.26. The van der Waals surface area contributed by atoms with Crippen molar-refractivity contribution in [2.75, 3.05) is 0 Å². The van der Waals surface area contributed by atoms with Crippen LogP contribution >= 0.6 is 0 Å². The first-order valence-corrected chi connectivity index (χ1v) is 9.07. The van der Waals surface area contributed by atoms with Crippen LogP contribution in [0.5, 0.6) is 0 Å². The van der Waals surface area contributed by atoms with Crippen LogP contribution in [0.4, 0.5) is 0 Å². The van der Waals surface area contributed by atoms with Crippen LogP contribution in [0.3, 0.4) is 0 Å². The fourth-order valence-electron chi connectivity index (χ4n) is 3.87. The van der Waals surface area contributed by atoms with Crippen LogP contribution in [0.1, 0.15) is 34.9 Å². The molecule has 1 aliphatic carbocycles. The second-order valence-corrected chi connectivity index (χ2v) is 7.08. The van der Waals surface area contributed by atoms with Crippen molar-refractivity contribution >= 4 is 0 Å². The van der Waals surface area contributed by atoms with Gasteiger partial charge in [-0.05, 0) is 54.5 Å². The topological polar surface area (TPSA) is 38.9 Å². The Kier molecular flexibility index (Phi) is 4.37. The van der Waals surface area contributed by atoms with Crippen molar-refractivity contribution in [3.63, 3.8) is 0 Å². The number of hydrogen-bond acceptors (Lipinski definition) is 2. The van der Waals surface area contributed by atoms with E-state index in [1.165, 1.54) is 27.9 Å². The predicted octanol–water partition coefficient (Wildman–Crippen LogP) is 4.66. The van der Waals surface area contributed by atoms with Crippen molar-refractivity contribution in [2.45, 2.75) is 38.1 Å². The Balaban J connectivity index is 1.66. The summed E-state index contributed by atoms with van der Waals surface area (Å²) >= 11 is 0. The molecule has 1 aromatic heterocycles. The number of benzene rings is 2. The second kappa shape index (κ2) is 6.81. The van der Waals surface area contributed by atoms with Gasteiger partial charge in [0.15, 0.2) is 0 Å². The highest BCUT2D eigenvalue weighted by molar-refractivity contribution is 5.64. The molecule has 0 aliphatic heterocycles. The van der Waals surface area contributed by atoms with Crippen molar-refractivity contribution < 1.29 is 0 Å². The number of nitrogens with zero attached hydrogens (tertiary/aromatic N) is 1. The number of fused-ring (bicyclic) bond motifs is 1. The lowest BCUT2D eigenvalue weighted by atomic mass is 9.79. The predicted molar refractivity (Wildman–Crippen MR) is 104 cm³/mol. The monoisotopic (exact) mass is 328 g/mol. The number of aromatic nitrogens is 1. The molecule has 0 bridgehead atoms. The molecule has 1 heterocycles. The van der Waals surface area contributed by atoms with E-state index in [1.807, 2.05) is 0 Å². The summed E-state index contributed by atoms with van der Waals surface area (Å²) in [7, 11) is 0. The molecule has 2 nitrogen and oxygen atoms in total. The van der Waals surface area contributed by atoms with Crippen LogP contribution < -0.4 is 5.73 Å². The zero-order valence-electron chi connectivity index (χ0n) is 14.7. The van der Waals surface area contributed by atoms with Crippen molar-refractivity contribution in [1.29, 1.82) is 0 Å². The van der Waals surface area contributed by atoms with Crippen molar-refractivity contribution in [2.24, 2.45) is 5.73 Å². The summed E-state index contributed by atoms with van der Waals surface area (Å²) in [4.78, 5) is 4.84. The van der Waals surface area contributed by atoms with Crippen LogP contribution in [-0.2, 0) is 12.8 Å². The largest absolute Gasteiger partial charge is 0.327 e. The minimum atomic E-state index is 0.183. The molecule has 3 aromatic rings. The second-order valence-electron chi connectivity index (χ2n) is 7.08. The van der Waals surface area contributed by atoms with E-state index in [9.17, 15) is 0 Å². The van der Waals surface area contributed by atoms with Crippen LogP contribution in [0.15, 0.2) is 66.7 Å². The summed E-state index contributed by atoms with van der Waals surface area (Å²) in [5.41, 5.74) is 14.0. The Morgan fingerprint density at radius 1 is 0.960 bits per heavy atom. The fraction of sp³-hybridized carbons (Fsp3) is 0.261. The van der Waals surface area contributed by atoms with E-state index in [0.717, 1.165) is 25.0 Å². The molecule has 4 rings (SSSR count). The average Bonchev–Trinajstić information content (AvgIpc) is 2.65. The maximum Gasteiger partial charge on any atom is 0.0488 e. The number of rotatable bonds is 3. The highest BCUT2D eigenvalue weighted by Gasteiger charge is 2.28. The van der Waals surface area contributed by atoms with Gasteiger partial charge in [-0.3, -0.25) is 4.98 Å². The number of pyridine rings is 1. The molecule has 0 saturated heterocycles. The molecule has 25 heavy (non-hydrogen) atoms. The van der Waals surface area contributed by atoms with E-state index >= 15 is 0 Å². The Morgan fingerprint density at radius 3 is 2.60 bits per heavy atom. The highest BCUT2D eigenvalue weighted by atomic mass is 14.8. The highest BCUT2D eigenvalue weighted by Crippen LogP contribution is 2.33. The van der Waals surface area contributed by atoms with E-state index in [1.54, 1.807) is 0 Å². The molecule has 2 N–H and O–H groups in total. The minimum absolute atomic E-state index is 0.183. The van der Waals surface area contributed by atoms with Crippen molar-refractivity contribution in [3.05, 3.63) is 89.2 Å². The fourth-order valence-corrected chi connectivity index (χ4v) is 3.87. The zero-order valence-corrected chi connectivity index (χ0v) is 14.7. The lowest BCUT2D eigenvalue weighted by Crippen LogP contribution is -2.35. The minimum Gasteiger partial charge on any atom is -0.327 e. The molecule has 2 unspecified atom stereocenters. The van der Waals surface area contributed by atoms with Crippen molar-refractivity contribution in [3.8, 4) is 11.1 Å². The van der Waals surface area contributed by atoms with Crippen LogP contribution in [-0.4, -0.2) is 11.0 Å². The van der Waals surface area contributed by atoms with E-state index in [4.69, 9.17) is 10.7 Å². The van der Waals surface area contributed by atoms with E-state index in [-0.39, 0.29) is 6.04 Å². The maximum absolute atomic E-state index is 6.50. The molecule has 1 aliphatic rings. The maximum atomic E-state index is 6.50. The van der Waals surface area contributed by atoms with Gasteiger partial charge in [-0.2, -0.15) is 0 Å². The molecule has 0 amide bonds. The molecule has 0 saturated carbocycles. The van der Waals surface area contributed by atoms with Gasteiger partial charge in [0, 0.05) is 23.3 Å². The molecule has 0 spiro atoms. The quantitative estimate of drug-likeness (QED) is 0.759. The number of aryl methyl sites for hydroxylation is 2. The van der Waals surface area contributed by atoms with Crippen LogP contribution in [0, 0.1) is 6.92 Å². The van der Waals surface area contributed by atoms with Crippen LogP contribution in [0.25, 0.3) is 11.1 Å². The Hall–Kier alpha value is -2.45. The summed E-state index contributed by atoms with van der Waals surface area (Å²) < 4.78 is 0. The van der Waals surface area contributed by atoms with Gasteiger partial charge in [0.05, 0.1) is 0 Å². The van der Waals surface area contributed by atoms with Gasteiger partial charge in [-0.25, -0.2) is 0 Å². The Bertz CT molecular complexity index is 870. The zero-order chi connectivity index (χ0) is 17.2. The SMILES string of the molecule is Cc1ccc2c(n1)C(Cc1cccc(-c3ccccc3)c1)C(N)CC2. The molecule has 2 atom stereocenters. The van der Waals surface area contributed by atoms with Gasteiger partial charge in [0.1, 0.15) is 0 Å². The first kappa shape index (κ1) is 16.0. The summed E-state index contributed by atoms with van der Waals surface area (Å²) in [5.74, 6) is 0.301. The molecule has 2 aromatic carbocycles. The lowest BCUT2D eigenvalue weighted by Gasteiger charge is -2.30. The molecule has 0 fully saturated rings. The van der Waals surface area contributed by atoms with Crippen LogP contribution in [0.2, 0.25) is 0 Å². The van der Waals surface area contributed by atoms with Gasteiger partial charge in [0.25, 0.3) is 0 Å². The van der Waals surface area contributed by atoms with Gasteiger partial charge in [-0.1, -0.05) is 60.7 Å². The smallest absolute Gasteiger partial charge is 0.0488 e. The van der Waals surface area contributed by atoms with Gasteiger partial charge in [-0.15, -0.1) is 0 Å². The van der Waals surface area contributed by atoms with E-state index in [0.29, 0.717) is 5.92 Å². The Labute approximate surface area is 149 Å². The molecule has 0 radical (unpaired) electrons. The lowest BCUT2D eigenvalue weighted by molar-refractivity contribution is 0.456. The summed E-state index contributed by atoms with van der Waals surface area (Å²) in [6, 6.07) is 23.9. The van der Waals surface area contributed by atoms with Gasteiger partial charge in [0.2, 0.25) is 0 Å². The third-order valence-corrected chi connectivity index (χ3v) is 5.26. The molecule has 2 heteroatoms. The van der Waals surface area contributed by atoms with Gasteiger partial charge < -0.3 is 5.73 Å². The number of hydrogen-bond donors (Lipinski definition) is 1. The summed E-state index contributed by atoms with van der Waals surface area (Å²) in [6.07, 6.45) is 3.04. The average molecular weight is 328 g/mol. The standard InChI is InChI=1S/C23H24N2/c1-16-10-11-19-12-13-22(24)21(23(19)25-16)15-17-6-5-9-20(14-17)18-7-3-2-4-8-18/h2-11,14,21-22H,12-13,15,24H2,1H3.